The zero-order valence-electron chi connectivity index (χ0n) is 14.7. The zero-order valence-corrected chi connectivity index (χ0v) is 16.3. The molecule has 6 nitrogen and oxygen atoms in total. The van der Waals surface area contributed by atoms with Gasteiger partial charge in [-0.15, -0.1) is 23.1 Å². The van der Waals surface area contributed by atoms with Crippen LogP contribution >= 0.6 is 23.1 Å². The number of methoxy groups -OCH3 is 1. The SMILES string of the molecule is CCOC(=O)c1c(NC(=O)CSCC(=O)OC)sc2c1CCC(C)C2. The average molecular weight is 386 g/mol. The molecule has 0 bridgehead atoms. The Morgan fingerprint density at radius 1 is 1.32 bits per heavy atom. The summed E-state index contributed by atoms with van der Waals surface area (Å²) < 4.78 is 9.72. The Bertz CT molecular complexity index is 656. The van der Waals surface area contributed by atoms with Crippen molar-refractivity contribution in [1.82, 2.24) is 0 Å². The monoisotopic (exact) mass is 385 g/mol. The second-order valence-corrected chi connectivity index (χ2v) is 7.98. The first-order valence-corrected chi connectivity index (χ1v) is 10.2. The number of rotatable bonds is 7. The summed E-state index contributed by atoms with van der Waals surface area (Å²) in [5.41, 5.74) is 1.51. The summed E-state index contributed by atoms with van der Waals surface area (Å²) in [5, 5.41) is 3.38. The molecule has 25 heavy (non-hydrogen) atoms. The van der Waals surface area contributed by atoms with Crippen molar-refractivity contribution < 1.29 is 23.9 Å². The highest BCUT2D eigenvalue weighted by Crippen LogP contribution is 2.40. The van der Waals surface area contributed by atoms with Gasteiger partial charge < -0.3 is 14.8 Å². The summed E-state index contributed by atoms with van der Waals surface area (Å²) in [4.78, 5) is 36.8. The first-order chi connectivity index (χ1) is 12.0. The van der Waals surface area contributed by atoms with Crippen molar-refractivity contribution in [2.45, 2.75) is 33.1 Å². The van der Waals surface area contributed by atoms with Gasteiger partial charge in [-0.05, 0) is 37.7 Å². The van der Waals surface area contributed by atoms with E-state index in [1.165, 1.54) is 30.2 Å². The van der Waals surface area contributed by atoms with Gasteiger partial charge >= 0.3 is 11.9 Å². The molecule has 1 atom stereocenters. The van der Waals surface area contributed by atoms with Crippen molar-refractivity contribution in [2.24, 2.45) is 5.92 Å². The molecule has 0 aliphatic heterocycles. The minimum atomic E-state index is -0.382. The van der Waals surface area contributed by atoms with Crippen LogP contribution in [0, 0.1) is 5.92 Å². The number of hydrogen-bond donors (Lipinski definition) is 1. The zero-order chi connectivity index (χ0) is 18.4. The van der Waals surface area contributed by atoms with E-state index in [2.05, 4.69) is 17.0 Å². The van der Waals surface area contributed by atoms with E-state index < -0.39 is 0 Å². The Morgan fingerprint density at radius 2 is 2.08 bits per heavy atom. The number of esters is 2. The molecule has 0 saturated carbocycles. The maximum absolute atomic E-state index is 12.4. The summed E-state index contributed by atoms with van der Waals surface area (Å²) in [6.45, 7) is 4.25. The fourth-order valence-electron chi connectivity index (χ4n) is 2.71. The number of thiophene rings is 1. The third-order valence-electron chi connectivity index (χ3n) is 3.92. The molecule has 1 aliphatic carbocycles. The van der Waals surface area contributed by atoms with Crippen molar-refractivity contribution in [2.75, 3.05) is 30.5 Å². The van der Waals surface area contributed by atoms with Gasteiger partial charge in [0.15, 0.2) is 0 Å². The number of anilines is 1. The van der Waals surface area contributed by atoms with Crippen LogP contribution in [0.25, 0.3) is 0 Å². The highest BCUT2D eigenvalue weighted by atomic mass is 32.2. The number of carbonyl (C=O) groups is 3. The molecule has 0 spiro atoms. The van der Waals surface area contributed by atoms with Gasteiger partial charge in [-0.25, -0.2) is 4.79 Å². The molecule has 1 aromatic rings. The molecule has 0 aromatic carbocycles. The second-order valence-electron chi connectivity index (χ2n) is 5.89. The van der Waals surface area contributed by atoms with E-state index in [1.54, 1.807) is 6.92 Å². The molecule has 1 heterocycles. The largest absolute Gasteiger partial charge is 0.468 e. The van der Waals surface area contributed by atoms with Crippen molar-refractivity contribution in [3.63, 3.8) is 0 Å². The third-order valence-corrected chi connectivity index (χ3v) is 6.00. The fraction of sp³-hybridized carbons (Fsp3) is 0.588. The predicted molar refractivity (Wildman–Crippen MR) is 99.4 cm³/mol. The topological polar surface area (TPSA) is 81.7 Å². The van der Waals surface area contributed by atoms with E-state index >= 15 is 0 Å². The second kappa shape index (κ2) is 9.24. The third kappa shape index (κ3) is 5.22. The number of ether oxygens (including phenoxy) is 2. The van der Waals surface area contributed by atoms with Crippen LogP contribution in [0.1, 0.15) is 41.1 Å². The van der Waals surface area contributed by atoms with Crippen LogP contribution in [0.3, 0.4) is 0 Å². The van der Waals surface area contributed by atoms with Gasteiger partial charge in [0.1, 0.15) is 5.00 Å². The smallest absolute Gasteiger partial charge is 0.341 e. The Balaban J connectivity index is 2.12. The molecular weight excluding hydrogens is 362 g/mol. The highest BCUT2D eigenvalue weighted by Gasteiger charge is 2.29. The lowest BCUT2D eigenvalue weighted by molar-refractivity contribution is -0.137. The Morgan fingerprint density at radius 3 is 2.76 bits per heavy atom. The lowest BCUT2D eigenvalue weighted by Gasteiger charge is -2.18. The van der Waals surface area contributed by atoms with Gasteiger partial charge in [0.05, 0.1) is 30.8 Å². The van der Waals surface area contributed by atoms with Crippen LogP contribution in [-0.4, -0.2) is 43.1 Å². The maximum atomic E-state index is 12.4. The molecule has 1 amide bonds. The van der Waals surface area contributed by atoms with E-state index in [4.69, 9.17) is 4.74 Å². The van der Waals surface area contributed by atoms with Crippen molar-refractivity contribution in [1.29, 1.82) is 0 Å². The van der Waals surface area contributed by atoms with Gasteiger partial charge in [0, 0.05) is 4.88 Å². The van der Waals surface area contributed by atoms with E-state index in [0.717, 1.165) is 29.7 Å². The first kappa shape index (κ1) is 19.8. The summed E-state index contributed by atoms with van der Waals surface area (Å²) in [6, 6.07) is 0. The number of amides is 1. The fourth-order valence-corrected chi connectivity index (χ4v) is 4.77. The highest BCUT2D eigenvalue weighted by molar-refractivity contribution is 8.00. The number of thioether (sulfide) groups is 1. The summed E-state index contributed by atoms with van der Waals surface area (Å²) in [7, 11) is 1.31. The predicted octanol–water partition coefficient (Wildman–Crippen LogP) is 2.89. The summed E-state index contributed by atoms with van der Waals surface area (Å²) >= 11 is 2.63. The van der Waals surface area contributed by atoms with E-state index in [9.17, 15) is 14.4 Å². The van der Waals surface area contributed by atoms with Gasteiger partial charge in [-0.3, -0.25) is 9.59 Å². The summed E-state index contributed by atoms with van der Waals surface area (Å²) in [6.07, 6.45) is 2.77. The molecule has 0 saturated heterocycles. The number of carbonyl (C=O) groups excluding carboxylic acids is 3. The number of fused-ring (bicyclic) bond motifs is 1. The van der Waals surface area contributed by atoms with Gasteiger partial charge in [-0.2, -0.15) is 0 Å². The van der Waals surface area contributed by atoms with E-state index in [-0.39, 0.29) is 29.4 Å². The summed E-state index contributed by atoms with van der Waals surface area (Å²) in [5.74, 6) is -0.187. The van der Waals surface area contributed by atoms with Crippen molar-refractivity contribution in [3.05, 3.63) is 16.0 Å². The van der Waals surface area contributed by atoms with Crippen LogP contribution in [0.15, 0.2) is 0 Å². The van der Waals surface area contributed by atoms with Crippen LogP contribution in [-0.2, 0) is 31.9 Å². The van der Waals surface area contributed by atoms with E-state index in [1.807, 2.05) is 0 Å². The molecule has 0 radical (unpaired) electrons. The van der Waals surface area contributed by atoms with Gasteiger partial charge in [0.2, 0.25) is 5.91 Å². The number of hydrogen-bond acceptors (Lipinski definition) is 7. The molecule has 1 aliphatic rings. The molecular formula is C17H23NO5S2. The van der Waals surface area contributed by atoms with Crippen LogP contribution in [0.5, 0.6) is 0 Å². The van der Waals surface area contributed by atoms with Crippen molar-refractivity contribution >= 4 is 45.9 Å². The van der Waals surface area contributed by atoms with Crippen LogP contribution in [0.2, 0.25) is 0 Å². The Hall–Kier alpha value is -1.54. The molecule has 1 N–H and O–H groups in total. The molecule has 8 heteroatoms. The Kier molecular flexibility index (Phi) is 7.31. The van der Waals surface area contributed by atoms with Crippen molar-refractivity contribution in [3.8, 4) is 0 Å². The normalized spacial score (nSPS) is 16.0. The number of nitrogens with one attached hydrogen (secondary N) is 1. The quantitative estimate of drug-likeness (QED) is 0.727. The van der Waals surface area contributed by atoms with Gasteiger partial charge in [0.25, 0.3) is 0 Å². The molecule has 2 rings (SSSR count). The van der Waals surface area contributed by atoms with Crippen LogP contribution < -0.4 is 5.32 Å². The minimum Gasteiger partial charge on any atom is -0.468 e. The maximum Gasteiger partial charge on any atom is 0.341 e. The average Bonchev–Trinajstić information content (AvgIpc) is 2.91. The molecule has 0 fully saturated rings. The minimum absolute atomic E-state index is 0.118. The van der Waals surface area contributed by atoms with Crippen LogP contribution in [0.4, 0.5) is 5.00 Å². The van der Waals surface area contributed by atoms with E-state index in [0.29, 0.717) is 23.1 Å². The lowest BCUT2D eigenvalue weighted by atomic mass is 9.88. The molecule has 138 valence electrons. The Labute approximate surface area is 155 Å². The van der Waals surface area contributed by atoms with Gasteiger partial charge in [-0.1, -0.05) is 6.92 Å². The molecule has 1 unspecified atom stereocenters. The lowest BCUT2D eigenvalue weighted by Crippen LogP contribution is -2.18. The molecule has 1 aromatic heterocycles. The standard InChI is InChI=1S/C17H23NO5S2/c1-4-23-17(21)15-11-6-5-10(2)7-12(11)25-16(15)18-13(19)8-24-9-14(20)22-3/h10H,4-9H2,1-3H3,(H,18,19). The first-order valence-electron chi connectivity index (χ1n) is 8.22.